The van der Waals surface area contributed by atoms with Gasteiger partial charge in [0, 0.05) is 31.2 Å². The smallest absolute Gasteiger partial charge is 0.254 e. The molecule has 2 aliphatic carbocycles. The van der Waals surface area contributed by atoms with Crippen molar-refractivity contribution < 1.29 is 14.7 Å². The lowest BCUT2D eigenvalue weighted by molar-refractivity contribution is -0.129. The summed E-state index contributed by atoms with van der Waals surface area (Å²) in [5.41, 5.74) is 5.31. The number of aromatic nitrogens is 2. The van der Waals surface area contributed by atoms with Gasteiger partial charge in [-0.2, -0.15) is 10.4 Å². The summed E-state index contributed by atoms with van der Waals surface area (Å²) >= 11 is 0. The van der Waals surface area contributed by atoms with Gasteiger partial charge in [-0.05, 0) is 44.1 Å². The molecule has 34 heavy (non-hydrogen) atoms. The first kappa shape index (κ1) is 22.6. The number of primary amides is 1. The van der Waals surface area contributed by atoms with Crippen LogP contribution in [0.2, 0.25) is 0 Å². The van der Waals surface area contributed by atoms with Crippen molar-refractivity contribution in [3.8, 4) is 6.07 Å². The number of likely N-dealkylation sites (tertiary alicyclic amines) is 1. The summed E-state index contributed by atoms with van der Waals surface area (Å²) < 4.78 is 1.69. The summed E-state index contributed by atoms with van der Waals surface area (Å²) in [6, 6.07) is 12.4. The number of benzene rings is 1. The molecule has 9 nitrogen and oxygen atoms in total. The van der Waals surface area contributed by atoms with E-state index in [4.69, 9.17) is 5.73 Å². The third-order valence-electron chi connectivity index (χ3n) is 7.71. The number of aliphatic hydroxyl groups is 1. The highest BCUT2D eigenvalue weighted by Crippen LogP contribution is 2.43. The largest absolute Gasteiger partial charge is 0.382 e. The normalized spacial score (nSPS) is 26.3. The number of rotatable bonds is 7. The van der Waals surface area contributed by atoms with E-state index in [9.17, 15) is 20.0 Å². The second-order valence-electron chi connectivity index (χ2n) is 10.1. The number of nitrogens with two attached hydrogens (primary N) is 1. The van der Waals surface area contributed by atoms with Gasteiger partial charge in [-0.3, -0.25) is 19.2 Å². The number of hydrogen-bond donors (Lipinski definition) is 3. The van der Waals surface area contributed by atoms with Crippen molar-refractivity contribution in [1.82, 2.24) is 14.7 Å². The average molecular weight is 463 g/mol. The van der Waals surface area contributed by atoms with Crippen molar-refractivity contribution in [2.45, 2.75) is 62.1 Å². The van der Waals surface area contributed by atoms with Gasteiger partial charge in [0.1, 0.15) is 11.2 Å². The van der Waals surface area contributed by atoms with E-state index in [1.54, 1.807) is 10.9 Å². The number of β-amino-alcohol motifs (C(OH)–C–C–N with tert-alkyl or cyclic N) is 1. The molecule has 0 unspecified atom stereocenters. The summed E-state index contributed by atoms with van der Waals surface area (Å²) in [6.07, 6.45) is 6.64. The van der Waals surface area contributed by atoms with E-state index in [0.717, 1.165) is 31.2 Å². The average Bonchev–Trinajstić information content (AvgIpc) is 3.58. The quantitative estimate of drug-likeness (QED) is 0.576. The zero-order valence-corrected chi connectivity index (χ0v) is 19.1. The predicted octanol–water partition coefficient (Wildman–Crippen LogP) is 2.09. The Morgan fingerprint density at radius 2 is 1.85 bits per heavy atom. The lowest BCUT2D eigenvalue weighted by atomic mass is 9.75. The van der Waals surface area contributed by atoms with Crippen LogP contribution >= 0.6 is 0 Å². The van der Waals surface area contributed by atoms with E-state index < -0.39 is 17.0 Å². The first-order valence-corrected chi connectivity index (χ1v) is 11.9. The maximum absolute atomic E-state index is 12.3. The number of nitriles is 1. The molecule has 2 aromatic rings. The highest BCUT2D eigenvalue weighted by molar-refractivity contribution is 6.02. The first-order chi connectivity index (χ1) is 16.3. The Labute approximate surface area is 198 Å². The molecule has 9 heteroatoms. The van der Waals surface area contributed by atoms with E-state index in [0.29, 0.717) is 32.0 Å². The van der Waals surface area contributed by atoms with Crippen LogP contribution in [0, 0.1) is 17.2 Å². The molecule has 2 amide bonds. The molecule has 5 rings (SSSR count). The Morgan fingerprint density at radius 3 is 2.44 bits per heavy atom. The lowest BCUT2D eigenvalue weighted by Gasteiger charge is -2.53. The molecule has 1 aromatic heterocycles. The van der Waals surface area contributed by atoms with Crippen molar-refractivity contribution in [2.24, 2.45) is 11.7 Å². The molecule has 2 heterocycles. The van der Waals surface area contributed by atoms with Crippen LogP contribution in [-0.2, 0) is 15.9 Å². The summed E-state index contributed by atoms with van der Waals surface area (Å²) in [7, 11) is 0. The molecule has 2 saturated carbocycles. The van der Waals surface area contributed by atoms with E-state index in [1.807, 2.05) is 30.3 Å². The molecule has 4 N–H and O–H groups in total. The SMILES string of the molecule is N#CCC1(n2cc(C(N)=O)c(NC(=O)C3CC3)n2)CCC(N2CC(O)(c3ccccc3)C2)CC1. The standard InChI is InChI=1S/C25H30N6O3/c26-13-12-24(31-14-20(21(27)32)22(29-31)28-23(33)17-6-7-17)10-8-19(9-11-24)30-15-25(34,16-30)18-4-2-1-3-5-18/h1-5,14,17,19,34H,6-12,15-16H2,(H2,27,32)(H,28,29,33). The molecule has 3 aliphatic rings. The van der Waals surface area contributed by atoms with Crippen molar-refractivity contribution in [3.05, 3.63) is 47.7 Å². The first-order valence-electron chi connectivity index (χ1n) is 11.9. The molecular weight excluding hydrogens is 432 g/mol. The molecule has 1 aliphatic heterocycles. The highest BCUT2D eigenvalue weighted by Gasteiger charge is 2.48. The van der Waals surface area contributed by atoms with E-state index in [2.05, 4.69) is 21.4 Å². The Morgan fingerprint density at radius 1 is 1.18 bits per heavy atom. The fraction of sp³-hybridized carbons (Fsp3) is 0.520. The summed E-state index contributed by atoms with van der Waals surface area (Å²) in [5.74, 6) is -0.645. The maximum atomic E-state index is 12.3. The highest BCUT2D eigenvalue weighted by atomic mass is 16.3. The lowest BCUT2D eigenvalue weighted by Crippen LogP contribution is -2.63. The van der Waals surface area contributed by atoms with Crippen LogP contribution in [-0.4, -0.2) is 50.7 Å². The van der Waals surface area contributed by atoms with Gasteiger partial charge in [0.2, 0.25) is 5.91 Å². The molecule has 0 spiro atoms. The second-order valence-corrected chi connectivity index (χ2v) is 10.1. The molecule has 0 atom stereocenters. The molecule has 1 saturated heterocycles. The summed E-state index contributed by atoms with van der Waals surface area (Å²) in [6.45, 7) is 1.19. The molecule has 1 aromatic carbocycles. The molecule has 0 bridgehead atoms. The predicted molar refractivity (Wildman–Crippen MR) is 124 cm³/mol. The molecule has 3 fully saturated rings. The van der Waals surface area contributed by atoms with E-state index in [1.165, 1.54) is 0 Å². The van der Waals surface area contributed by atoms with Crippen LogP contribution in [0.5, 0.6) is 0 Å². The van der Waals surface area contributed by atoms with Gasteiger partial charge in [0.25, 0.3) is 5.91 Å². The van der Waals surface area contributed by atoms with Crippen molar-refractivity contribution >= 4 is 17.6 Å². The Kier molecular flexibility index (Phi) is 5.66. The van der Waals surface area contributed by atoms with Crippen molar-refractivity contribution in [2.75, 3.05) is 18.4 Å². The van der Waals surface area contributed by atoms with Gasteiger partial charge < -0.3 is 16.2 Å². The molecule has 178 valence electrons. The van der Waals surface area contributed by atoms with Crippen LogP contribution in [0.15, 0.2) is 36.5 Å². The fourth-order valence-electron chi connectivity index (χ4n) is 5.41. The number of carbonyl (C=O) groups is 2. The Hall–Kier alpha value is -3.22. The van der Waals surface area contributed by atoms with Gasteiger partial charge in [-0.1, -0.05) is 30.3 Å². The third-order valence-corrected chi connectivity index (χ3v) is 7.71. The minimum atomic E-state index is -0.810. The fourth-order valence-corrected chi connectivity index (χ4v) is 5.41. The van der Waals surface area contributed by atoms with Crippen LogP contribution < -0.4 is 11.1 Å². The van der Waals surface area contributed by atoms with Crippen LogP contribution in [0.3, 0.4) is 0 Å². The van der Waals surface area contributed by atoms with Crippen molar-refractivity contribution in [3.63, 3.8) is 0 Å². The number of hydrogen-bond acceptors (Lipinski definition) is 6. The molecule has 0 radical (unpaired) electrons. The van der Waals surface area contributed by atoms with Gasteiger partial charge in [-0.15, -0.1) is 0 Å². The second kappa shape index (κ2) is 8.53. The topological polar surface area (TPSA) is 137 Å². The summed E-state index contributed by atoms with van der Waals surface area (Å²) in [5, 5.41) is 27.9. The van der Waals surface area contributed by atoms with Gasteiger partial charge >= 0.3 is 0 Å². The number of carbonyl (C=O) groups excluding carboxylic acids is 2. The number of anilines is 1. The van der Waals surface area contributed by atoms with E-state index >= 15 is 0 Å². The maximum Gasteiger partial charge on any atom is 0.254 e. The minimum Gasteiger partial charge on any atom is -0.382 e. The van der Waals surface area contributed by atoms with Crippen LogP contribution in [0.25, 0.3) is 0 Å². The summed E-state index contributed by atoms with van der Waals surface area (Å²) in [4.78, 5) is 26.6. The van der Waals surface area contributed by atoms with E-state index in [-0.39, 0.29) is 29.6 Å². The van der Waals surface area contributed by atoms with Gasteiger partial charge in [0.15, 0.2) is 5.82 Å². The van der Waals surface area contributed by atoms with Crippen molar-refractivity contribution in [1.29, 1.82) is 5.26 Å². The zero-order chi connectivity index (χ0) is 23.9. The van der Waals surface area contributed by atoms with Crippen LogP contribution in [0.1, 0.15) is 60.9 Å². The zero-order valence-electron chi connectivity index (χ0n) is 19.1. The minimum absolute atomic E-state index is 0.0274. The van der Waals surface area contributed by atoms with Gasteiger partial charge in [0.05, 0.1) is 18.0 Å². The molecular formula is C25H30N6O3. The monoisotopic (exact) mass is 462 g/mol. The number of amides is 2. The number of nitrogens with one attached hydrogen (secondary N) is 1. The Balaban J connectivity index is 1.29. The Bertz CT molecular complexity index is 1120. The number of nitrogens with zero attached hydrogens (tertiary/aromatic N) is 4. The third kappa shape index (κ3) is 4.08. The van der Waals surface area contributed by atoms with Crippen LogP contribution in [0.4, 0.5) is 5.82 Å². The van der Waals surface area contributed by atoms with Gasteiger partial charge in [-0.25, -0.2) is 0 Å².